The van der Waals surface area contributed by atoms with Gasteiger partial charge in [0.05, 0.1) is 23.5 Å². The molecule has 3 rings (SSSR count). The molecule has 2 aromatic rings. The lowest BCUT2D eigenvalue weighted by molar-refractivity contribution is -0.126. The lowest BCUT2D eigenvalue weighted by Crippen LogP contribution is -2.40. The number of piperidine rings is 1. The smallest absolute Gasteiger partial charge is 0.229 e. The Labute approximate surface area is 134 Å². The summed E-state index contributed by atoms with van der Waals surface area (Å²) in [7, 11) is 0. The lowest BCUT2D eigenvalue weighted by Gasteiger charge is -2.21. The number of nitrogens with one attached hydrogen (secondary N) is 2. The van der Waals surface area contributed by atoms with Crippen LogP contribution in [0, 0.1) is 19.8 Å². The Morgan fingerprint density at radius 2 is 2.22 bits per heavy atom. The highest BCUT2D eigenvalue weighted by atomic mass is 16.2. The van der Waals surface area contributed by atoms with Gasteiger partial charge in [-0.05, 0) is 38.5 Å². The van der Waals surface area contributed by atoms with Crippen molar-refractivity contribution in [3.63, 3.8) is 0 Å². The van der Waals surface area contributed by atoms with Gasteiger partial charge >= 0.3 is 0 Å². The average Bonchev–Trinajstić information content (AvgIpc) is 2.87. The van der Waals surface area contributed by atoms with Crippen molar-refractivity contribution in [3.8, 4) is 5.82 Å². The first kappa shape index (κ1) is 15.2. The summed E-state index contributed by atoms with van der Waals surface area (Å²) in [5, 5.41) is 9.93. The molecule has 120 valence electrons. The van der Waals surface area contributed by atoms with Gasteiger partial charge < -0.3 is 10.6 Å². The van der Waals surface area contributed by atoms with Gasteiger partial charge in [-0.1, -0.05) is 0 Å². The summed E-state index contributed by atoms with van der Waals surface area (Å²) in [5.74, 6) is 0.428. The van der Waals surface area contributed by atoms with E-state index in [4.69, 9.17) is 0 Å². The highest BCUT2D eigenvalue weighted by Gasteiger charge is 2.24. The van der Waals surface area contributed by atoms with Crippen molar-refractivity contribution < 1.29 is 9.59 Å². The standard InChI is InChI=1S/C16H19N5O2/c1-10-7-11(2)21(20-10)14-5-4-13(9-17-14)19-16(23)12-3-6-15(22)18-8-12/h4-5,7,9,12H,3,6,8H2,1-2H3,(H,18,22)(H,19,23)/t12-/m1/s1. The van der Waals surface area contributed by atoms with Crippen molar-refractivity contribution in [1.82, 2.24) is 20.1 Å². The van der Waals surface area contributed by atoms with Gasteiger partial charge in [-0.25, -0.2) is 9.67 Å². The van der Waals surface area contributed by atoms with E-state index in [0.29, 0.717) is 30.9 Å². The second-order valence-electron chi connectivity index (χ2n) is 5.77. The second kappa shape index (κ2) is 6.20. The molecule has 0 radical (unpaired) electrons. The third-order valence-corrected chi connectivity index (χ3v) is 3.88. The van der Waals surface area contributed by atoms with Crippen LogP contribution in [-0.2, 0) is 9.59 Å². The molecule has 0 saturated carbocycles. The van der Waals surface area contributed by atoms with Gasteiger partial charge in [0.15, 0.2) is 5.82 Å². The first-order chi connectivity index (χ1) is 11.0. The Morgan fingerprint density at radius 3 is 2.78 bits per heavy atom. The van der Waals surface area contributed by atoms with E-state index >= 15 is 0 Å². The molecule has 7 nitrogen and oxygen atoms in total. The molecule has 23 heavy (non-hydrogen) atoms. The normalized spacial score (nSPS) is 17.7. The van der Waals surface area contributed by atoms with Crippen LogP contribution in [0.15, 0.2) is 24.4 Å². The Hall–Kier alpha value is -2.70. The topological polar surface area (TPSA) is 88.9 Å². The monoisotopic (exact) mass is 313 g/mol. The summed E-state index contributed by atoms with van der Waals surface area (Å²) >= 11 is 0. The van der Waals surface area contributed by atoms with E-state index in [1.54, 1.807) is 16.9 Å². The van der Waals surface area contributed by atoms with E-state index in [0.717, 1.165) is 11.4 Å². The van der Waals surface area contributed by atoms with E-state index in [1.165, 1.54) is 0 Å². The molecular formula is C16H19N5O2. The van der Waals surface area contributed by atoms with Gasteiger partial charge in [0.25, 0.3) is 0 Å². The molecular weight excluding hydrogens is 294 g/mol. The fourth-order valence-electron chi connectivity index (χ4n) is 2.65. The Bertz CT molecular complexity index is 725. The van der Waals surface area contributed by atoms with Crippen molar-refractivity contribution >= 4 is 17.5 Å². The summed E-state index contributed by atoms with van der Waals surface area (Å²) in [6.45, 7) is 4.29. The molecule has 0 aliphatic carbocycles. The van der Waals surface area contributed by atoms with Crippen molar-refractivity contribution in [2.75, 3.05) is 11.9 Å². The molecule has 1 aliphatic heterocycles. The van der Waals surface area contributed by atoms with Gasteiger partial charge in [-0.3, -0.25) is 9.59 Å². The molecule has 1 atom stereocenters. The highest BCUT2D eigenvalue weighted by molar-refractivity contribution is 5.93. The lowest BCUT2D eigenvalue weighted by atomic mass is 9.98. The number of amides is 2. The van der Waals surface area contributed by atoms with Crippen LogP contribution in [-0.4, -0.2) is 33.1 Å². The SMILES string of the molecule is Cc1cc(C)n(-c2ccc(NC(=O)[C@@H]3CCC(=O)NC3)cn2)n1. The van der Waals surface area contributed by atoms with Gasteiger partial charge in [0, 0.05) is 18.7 Å². The number of hydrogen-bond acceptors (Lipinski definition) is 4. The van der Waals surface area contributed by atoms with Crippen LogP contribution in [0.1, 0.15) is 24.2 Å². The molecule has 0 bridgehead atoms. The first-order valence-electron chi connectivity index (χ1n) is 7.60. The van der Waals surface area contributed by atoms with Crippen LogP contribution >= 0.6 is 0 Å². The maximum atomic E-state index is 12.2. The first-order valence-corrected chi connectivity index (χ1v) is 7.60. The van der Waals surface area contributed by atoms with E-state index in [2.05, 4.69) is 20.7 Å². The molecule has 2 amide bonds. The summed E-state index contributed by atoms with van der Waals surface area (Å²) in [4.78, 5) is 27.7. The molecule has 0 spiro atoms. The fourth-order valence-corrected chi connectivity index (χ4v) is 2.65. The van der Waals surface area contributed by atoms with Crippen LogP contribution in [0.5, 0.6) is 0 Å². The number of pyridine rings is 1. The number of aromatic nitrogens is 3. The Balaban J connectivity index is 1.67. The number of hydrogen-bond donors (Lipinski definition) is 2. The summed E-state index contributed by atoms with van der Waals surface area (Å²) in [6, 6.07) is 5.60. The largest absolute Gasteiger partial charge is 0.355 e. The number of aryl methyl sites for hydroxylation is 2. The maximum Gasteiger partial charge on any atom is 0.229 e. The Kier molecular flexibility index (Phi) is 4.10. The molecule has 1 aliphatic rings. The van der Waals surface area contributed by atoms with Crippen molar-refractivity contribution in [1.29, 1.82) is 0 Å². The van der Waals surface area contributed by atoms with Crippen LogP contribution < -0.4 is 10.6 Å². The molecule has 7 heteroatoms. The predicted molar refractivity (Wildman–Crippen MR) is 85.2 cm³/mol. The number of nitrogens with zero attached hydrogens (tertiary/aromatic N) is 3. The molecule has 2 N–H and O–H groups in total. The quantitative estimate of drug-likeness (QED) is 0.895. The third-order valence-electron chi connectivity index (χ3n) is 3.88. The minimum absolute atomic E-state index is 0.00459. The highest BCUT2D eigenvalue weighted by Crippen LogP contribution is 2.16. The number of carbonyl (C=O) groups excluding carboxylic acids is 2. The third kappa shape index (κ3) is 3.39. The van der Waals surface area contributed by atoms with Crippen LogP contribution in [0.3, 0.4) is 0 Å². The second-order valence-corrected chi connectivity index (χ2v) is 5.77. The number of anilines is 1. The average molecular weight is 313 g/mol. The zero-order valence-corrected chi connectivity index (χ0v) is 13.2. The van der Waals surface area contributed by atoms with Crippen LogP contribution in [0.4, 0.5) is 5.69 Å². The van der Waals surface area contributed by atoms with Gasteiger partial charge in [0.2, 0.25) is 11.8 Å². The molecule has 0 aromatic carbocycles. The van der Waals surface area contributed by atoms with E-state index in [-0.39, 0.29) is 17.7 Å². The minimum Gasteiger partial charge on any atom is -0.355 e. The van der Waals surface area contributed by atoms with Crippen LogP contribution in [0.2, 0.25) is 0 Å². The number of carbonyl (C=O) groups is 2. The van der Waals surface area contributed by atoms with Crippen LogP contribution in [0.25, 0.3) is 5.82 Å². The van der Waals surface area contributed by atoms with E-state index in [1.807, 2.05) is 26.0 Å². The van der Waals surface area contributed by atoms with Crippen molar-refractivity contribution in [2.45, 2.75) is 26.7 Å². The number of rotatable bonds is 3. The maximum absolute atomic E-state index is 12.2. The van der Waals surface area contributed by atoms with Crippen molar-refractivity contribution in [3.05, 3.63) is 35.8 Å². The summed E-state index contributed by atoms with van der Waals surface area (Å²) < 4.78 is 1.76. The van der Waals surface area contributed by atoms with Gasteiger partial charge in [-0.15, -0.1) is 0 Å². The zero-order chi connectivity index (χ0) is 16.4. The Morgan fingerprint density at radius 1 is 1.39 bits per heavy atom. The van der Waals surface area contributed by atoms with E-state index < -0.39 is 0 Å². The summed E-state index contributed by atoms with van der Waals surface area (Å²) in [5.41, 5.74) is 2.57. The van der Waals surface area contributed by atoms with E-state index in [9.17, 15) is 9.59 Å². The molecule has 1 saturated heterocycles. The zero-order valence-electron chi connectivity index (χ0n) is 13.2. The fraction of sp³-hybridized carbons (Fsp3) is 0.375. The van der Waals surface area contributed by atoms with Crippen molar-refractivity contribution in [2.24, 2.45) is 5.92 Å². The van der Waals surface area contributed by atoms with Gasteiger partial charge in [-0.2, -0.15) is 5.10 Å². The predicted octanol–water partition coefficient (Wildman–Crippen LogP) is 1.35. The molecule has 2 aromatic heterocycles. The minimum atomic E-state index is -0.191. The molecule has 0 unspecified atom stereocenters. The molecule has 3 heterocycles. The van der Waals surface area contributed by atoms with Gasteiger partial charge in [0.1, 0.15) is 0 Å². The summed E-state index contributed by atoms with van der Waals surface area (Å²) in [6.07, 6.45) is 2.59. The molecule has 1 fully saturated rings.